The Morgan fingerprint density at radius 1 is 0.978 bits per heavy atom. The van der Waals surface area contributed by atoms with Crippen LogP contribution >= 0.6 is 34.7 Å². The van der Waals surface area contributed by atoms with Gasteiger partial charge in [-0.1, -0.05) is 29.0 Å². The molecule has 2 saturated carbocycles. The van der Waals surface area contributed by atoms with Crippen molar-refractivity contribution >= 4 is 58.1 Å². The molecule has 0 spiro atoms. The van der Waals surface area contributed by atoms with Crippen molar-refractivity contribution in [3.8, 4) is 11.5 Å². The van der Waals surface area contributed by atoms with Gasteiger partial charge < -0.3 is 19.4 Å². The Morgan fingerprint density at radius 3 is 2.44 bits per heavy atom. The van der Waals surface area contributed by atoms with E-state index in [-0.39, 0.29) is 64.0 Å². The van der Waals surface area contributed by atoms with Gasteiger partial charge in [-0.25, -0.2) is 0 Å². The van der Waals surface area contributed by atoms with Crippen molar-refractivity contribution in [3.05, 3.63) is 67.6 Å². The van der Waals surface area contributed by atoms with Crippen LogP contribution in [-0.4, -0.2) is 59.7 Å². The molecule has 7 atom stereocenters. The fourth-order valence-electron chi connectivity index (χ4n) is 8.61. The van der Waals surface area contributed by atoms with Crippen LogP contribution in [-0.2, 0) is 14.4 Å². The number of methoxy groups -OCH3 is 1. The van der Waals surface area contributed by atoms with E-state index in [1.165, 1.54) is 16.2 Å². The number of thioether (sulfide) groups is 1. The molecule has 0 radical (unpaired) electrons. The summed E-state index contributed by atoms with van der Waals surface area (Å²) in [5.74, 6) is -0.173. The third kappa shape index (κ3) is 4.64. The van der Waals surface area contributed by atoms with Crippen molar-refractivity contribution in [1.29, 1.82) is 0 Å². The number of piperidine rings is 1. The molecule has 12 heteroatoms. The molecule has 2 bridgehead atoms. The zero-order valence-corrected chi connectivity index (χ0v) is 27.0. The minimum absolute atomic E-state index is 0.00862. The Bertz CT molecular complexity index is 1750. The molecule has 2 aromatic carbocycles. The number of aromatic amines is 1. The Hall–Kier alpha value is -3.28. The molecule has 3 amide bonds. The van der Waals surface area contributed by atoms with Gasteiger partial charge in [-0.05, 0) is 85.4 Å². The van der Waals surface area contributed by atoms with Crippen LogP contribution in [0.2, 0.25) is 5.02 Å². The Balaban J connectivity index is 1.11. The molecule has 3 aromatic rings. The summed E-state index contributed by atoms with van der Waals surface area (Å²) in [6.45, 7) is 1.47. The van der Waals surface area contributed by atoms with Crippen LogP contribution in [0.4, 0.5) is 5.69 Å². The first kappa shape index (κ1) is 29.1. The first-order chi connectivity index (χ1) is 21.8. The van der Waals surface area contributed by atoms with E-state index in [1.807, 2.05) is 23.1 Å². The number of hydrogen-bond donors (Lipinski definition) is 1. The van der Waals surface area contributed by atoms with Crippen molar-refractivity contribution in [2.24, 2.45) is 29.6 Å². The number of H-pyrrole nitrogens is 1. The van der Waals surface area contributed by atoms with Crippen LogP contribution in [0.1, 0.15) is 42.0 Å². The minimum Gasteiger partial charge on any atom is -0.493 e. The number of likely N-dealkylation sites (tertiary alicyclic amines) is 1. The number of rotatable bonds is 6. The van der Waals surface area contributed by atoms with Gasteiger partial charge in [-0.15, -0.1) is 11.8 Å². The number of carbonyl (C=O) groups excluding carboxylic acids is 3. The lowest BCUT2D eigenvalue weighted by atomic mass is 9.68. The van der Waals surface area contributed by atoms with E-state index in [0.717, 1.165) is 54.2 Å². The molecule has 1 aromatic heterocycles. The van der Waals surface area contributed by atoms with E-state index in [2.05, 4.69) is 4.98 Å². The van der Waals surface area contributed by atoms with Crippen LogP contribution in [0.5, 0.6) is 11.5 Å². The summed E-state index contributed by atoms with van der Waals surface area (Å²) >= 11 is 8.96. The second-order valence-electron chi connectivity index (χ2n) is 12.6. The van der Waals surface area contributed by atoms with E-state index < -0.39 is 5.92 Å². The van der Waals surface area contributed by atoms with Gasteiger partial charge in [0.05, 0.1) is 29.7 Å². The second-order valence-corrected chi connectivity index (χ2v) is 15.2. The number of nitrogens with one attached hydrogen (secondary N) is 1. The number of imide groups is 1. The Kier molecular flexibility index (Phi) is 7.26. The highest BCUT2D eigenvalue weighted by atomic mass is 35.5. The maximum absolute atomic E-state index is 14.0. The first-order valence-electron chi connectivity index (χ1n) is 15.5. The highest BCUT2D eigenvalue weighted by Crippen LogP contribution is 2.68. The number of benzene rings is 2. The zero-order valence-electron chi connectivity index (χ0n) is 24.6. The molecule has 4 heterocycles. The first-order valence-corrected chi connectivity index (χ1v) is 17.5. The predicted molar refractivity (Wildman–Crippen MR) is 171 cm³/mol. The maximum atomic E-state index is 14.0. The van der Waals surface area contributed by atoms with Gasteiger partial charge in [0.1, 0.15) is 0 Å². The van der Waals surface area contributed by atoms with Crippen LogP contribution in [0.3, 0.4) is 0 Å². The van der Waals surface area contributed by atoms with E-state index >= 15 is 0 Å². The van der Waals surface area contributed by atoms with Crippen molar-refractivity contribution in [2.75, 3.05) is 31.7 Å². The number of thiazole rings is 1. The number of ether oxygens (including phenoxy) is 2. The van der Waals surface area contributed by atoms with Crippen molar-refractivity contribution < 1.29 is 23.9 Å². The number of carbonyl (C=O) groups is 3. The van der Waals surface area contributed by atoms with Gasteiger partial charge in [0.2, 0.25) is 11.8 Å². The second kappa shape index (κ2) is 11.2. The SMILES string of the molecule is COc1cc([C@H]2c3sc(=O)[nH]c3SC3C4CC(C5C(=O)N(c6ccc(Cl)cc6)C(=O)C45)C32)ccc1OCC(=O)N1CCCCC1. The van der Waals surface area contributed by atoms with Crippen LogP contribution in [0, 0.1) is 29.6 Å². The number of nitrogens with zero attached hydrogens (tertiary/aromatic N) is 2. The fraction of sp³-hybridized carbons (Fsp3) is 0.455. The number of halogens is 1. The molecular weight excluding hydrogens is 634 g/mol. The molecule has 3 aliphatic heterocycles. The molecule has 9 nitrogen and oxygen atoms in total. The molecule has 45 heavy (non-hydrogen) atoms. The number of fused-ring (bicyclic) bond motifs is 9. The molecular formula is C33H32ClN3O6S2. The van der Waals surface area contributed by atoms with Crippen LogP contribution in [0.15, 0.2) is 52.3 Å². The zero-order chi connectivity index (χ0) is 31.0. The summed E-state index contributed by atoms with van der Waals surface area (Å²) in [6, 6.07) is 12.6. The highest BCUT2D eigenvalue weighted by molar-refractivity contribution is 8.00. The van der Waals surface area contributed by atoms with Crippen LogP contribution in [0.25, 0.3) is 0 Å². The largest absolute Gasteiger partial charge is 0.493 e. The smallest absolute Gasteiger partial charge is 0.305 e. The van der Waals surface area contributed by atoms with Gasteiger partial charge in [0.25, 0.3) is 5.91 Å². The summed E-state index contributed by atoms with van der Waals surface area (Å²) in [5.41, 5.74) is 1.52. The normalized spacial score (nSPS) is 29.9. The van der Waals surface area contributed by atoms with E-state index in [9.17, 15) is 19.2 Å². The summed E-state index contributed by atoms with van der Waals surface area (Å²) in [5, 5.41) is 1.46. The highest BCUT2D eigenvalue weighted by Gasteiger charge is 2.69. The minimum atomic E-state index is -0.398. The van der Waals surface area contributed by atoms with E-state index in [0.29, 0.717) is 22.2 Å². The number of anilines is 1. The van der Waals surface area contributed by atoms with Gasteiger partial charge in [0.15, 0.2) is 18.1 Å². The average molecular weight is 666 g/mol. The van der Waals surface area contributed by atoms with Gasteiger partial charge >= 0.3 is 4.87 Å². The quantitative estimate of drug-likeness (QED) is 0.362. The monoisotopic (exact) mass is 665 g/mol. The number of aromatic nitrogens is 1. The summed E-state index contributed by atoms with van der Waals surface area (Å²) in [4.78, 5) is 60.3. The molecule has 6 unspecified atom stereocenters. The molecule has 2 saturated heterocycles. The lowest BCUT2D eigenvalue weighted by Crippen LogP contribution is -2.42. The topological polar surface area (TPSA) is 109 Å². The van der Waals surface area contributed by atoms with Gasteiger partial charge in [-0.3, -0.25) is 24.1 Å². The Morgan fingerprint density at radius 2 is 1.71 bits per heavy atom. The Labute approximate surface area is 273 Å². The van der Waals surface area contributed by atoms with Gasteiger partial charge in [-0.2, -0.15) is 0 Å². The lowest BCUT2D eigenvalue weighted by Gasteiger charge is -2.43. The fourth-order valence-corrected chi connectivity index (χ4v) is 11.6. The molecule has 2 aliphatic carbocycles. The van der Waals surface area contributed by atoms with Crippen molar-refractivity contribution in [2.45, 2.75) is 41.9 Å². The summed E-state index contributed by atoms with van der Waals surface area (Å²) in [7, 11) is 1.58. The molecule has 1 N–H and O–H groups in total. The summed E-state index contributed by atoms with van der Waals surface area (Å²) in [6.07, 6.45) is 3.98. The average Bonchev–Trinajstić information content (AvgIpc) is 3.79. The van der Waals surface area contributed by atoms with E-state index in [4.69, 9.17) is 21.1 Å². The lowest BCUT2D eigenvalue weighted by molar-refractivity contribution is -0.134. The third-order valence-electron chi connectivity index (χ3n) is 10.4. The van der Waals surface area contributed by atoms with Crippen molar-refractivity contribution in [3.63, 3.8) is 0 Å². The van der Waals surface area contributed by atoms with E-state index in [1.54, 1.807) is 43.1 Å². The molecule has 234 valence electrons. The van der Waals surface area contributed by atoms with Crippen LogP contribution < -0.4 is 19.2 Å². The number of hydrogen-bond acceptors (Lipinski definition) is 8. The number of amides is 3. The maximum Gasteiger partial charge on any atom is 0.305 e. The van der Waals surface area contributed by atoms with Crippen molar-refractivity contribution in [1.82, 2.24) is 9.88 Å². The summed E-state index contributed by atoms with van der Waals surface area (Å²) < 4.78 is 11.7. The van der Waals surface area contributed by atoms with Gasteiger partial charge in [0, 0.05) is 34.2 Å². The molecule has 4 fully saturated rings. The third-order valence-corrected chi connectivity index (χ3v) is 13.3. The standard InChI is InChI=1S/C33H32ClN3O6S2/c1-42-22-13-16(5-10-21(22)43-15-23(38)36-11-3-2-4-12-36)24-25-19-14-20(28(25)44-30-29(24)45-33(41)35-30)27-26(19)31(39)37(32(27)40)18-8-6-17(34)7-9-18/h5-10,13,19-20,24-28H,2-4,11-12,14-15H2,1H3,(H,35,41)/t19?,20?,24-,25?,26?,27?,28?/m1/s1. The molecule has 8 rings (SSSR count). The predicted octanol–water partition coefficient (Wildman–Crippen LogP) is 5.17. The molecule has 5 aliphatic rings.